The van der Waals surface area contributed by atoms with E-state index in [2.05, 4.69) is 22.4 Å². The fourth-order valence-electron chi connectivity index (χ4n) is 1.86. The summed E-state index contributed by atoms with van der Waals surface area (Å²) in [5, 5.41) is 0. The lowest BCUT2D eigenvalue weighted by Gasteiger charge is -2.18. The number of amides is 1. The molecule has 0 fully saturated rings. The Morgan fingerprint density at radius 2 is 1.90 bits per heavy atom. The lowest BCUT2D eigenvalue weighted by Crippen LogP contribution is -2.39. The summed E-state index contributed by atoms with van der Waals surface area (Å²) in [6.07, 6.45) is 5.98. The number of nitrogens with one attached hydrogen (secondary N) is 2. The molecule has 2 N–H and O–H groups in total. The van der Waals surface area contributed by atoms with E-state index in [9.17, 15) is 4.79 Å². The zero-order valence-corrected chi connectivity index (χ0v) is 11.1. The molecule has 0 spiro atoms. The van der Waals surface area contributed by atoms with Crippen molar-refractivity contribution in [2.24, 2.45) is 0 Å². The Hall–Kier alpha value is -2.46. The molecule has 0 aliphatic rings. The van der Waals surface area contributed by atoms with Gasteiger partial charge in [-0.25, -0.2) is 5.43 Å². The highest BCUT2D eigenvalue weighted by Crippen LogP contribution is 2.15. The Labute approximate surface area is 118 Å². The Balaban J connectivity index is 1.99. The van der Waals surface area contributed by atoms with E-state index in [4.69, 9.17) is 0 Å². The molecule has 0 aliphatic carbocycles. The van der Waals surface area contributed by atoms with Gasteiger partial charge in [-0.1, -0.05) is 24.3 Å². The van der Waals surface area contributed by atoms with Gasteiger partial charge in [-0.2, -0.15) is 0 Å². The fourth-order valence-corrected chi connectivity index (χ4v) is 1.86. The van der Waals surface area contributed by atoms with Gasteiger partial charge >= 0.3 is 0 Å². The molecule has 102 valence electrons. The average Bonchev–Trinajstić information content (AvgIpc) is 2.53. The van der Waals surface area contributed by atoms with Crippen LogP contribution in [0.25, 0.3) is 0 Å². The maximum atomic E-state index is 12.0. The van der Waals surface area contributed by atoms with E-state index < -0.39 is 0 Å². The van der Waals surface area contributed by atoms with Crippen molar-refractivity contribution < 1.29 is 4.79 Å². The number of hydrazine groups is 1. The number of carbonyl (C=O) groups excluding carboxylic acids is 1. The number of aromatic nitrogens is 1. The largest absolute Gasteiger partial charge is 0.287 e. The third kappa shape index (κ3) is 3.76. The predicted molar refractivity (Wildman–Crippen MR) is 78.8 cm³/mol. The second-order valence-corrected chi connectivity index (χ2v) is 4.32. The molecule has 0 bridgehead atoms. The van der Waals surface area contributed by atoms with Gasteiger partial charge in [0.15, 0.2) is 0 Å². The highest BCUT2D eigenvalue weighted by molar-refractivity contribution is 5.93. The van der Waals surface area contributed by atoms with Gasteiger partial charge in [-0.15, -0.1) is 6.58 Å². The molecule has 0 saturated heterocycles. The molecule has 0 radical (unpaired) electrons. The Kier molecular flexibility index (Phi) is 5.03. The molecular formula is C16H17N3O. The molecular weight excluding hydrogens is 250 g/mol. The highest BCUT2D eigenvalue weighted by Gasteiger charge is 2.11. The number of carbonyl (C=O) groups is 1. The van der Waals surface area contributed by atoms with Crippen LogP contribution in [0.5, 0.6) is 0 Å². The smallest absolute Gasteiger partial charge is 0.265 e. The minimum atomic E-state index is -0.159. The summed E-state index contributed by atoms with van der Waals surface area (Å²) in [5.41, 5.74) is 7.43. The molecule has 2 aromatic rings. The normalized spacial score (nSPS) is 11.6. The van der Waals surface area contributed by atoms with Crippen molar-refractivity contribution in [1.29, 1.82) is 0 Å². The first-order valence-corrected chi connectivity index (χ1v) is 6.43. The zero-order valence-electron chi connectivity index (χ0n) is 11.1. The monoisotopic (exact) mass is 267 g/mol. The molecule has 1 heterocycles. The van der Waals surface area contributed by atoms with Crippen molar-refractivity contribution in [3.8, 4) is 0 Å². The van der Waals surface area contributed by atoms with Crippen molar-refractivity contribution in [3.63, 3.8) is 0 Å². The lowest BCUT2D eigenvalue weighted by atomic mass is 10.1. The Bertz CT molecular complexity index is 554. The van der Waals surface area contributed by atoms with E-state index in [1.165, 1.54) is 0 Å². The molecule has 4 heteroatoms. The number of hydrogen-bond donors (Lipinski definition) is 2. The fraction of sp³-hybridized carbons (Fsp3) is 0.125. The lowest BCUT2D eigenvalue weighted by molar-refractivity contribution is 0.0925. The van der Waals surface area contributed by atoms with E-state index in [0.717, 1.165) is 5.56 Å². The van der Waals surface area contributed by atoms with Gasteiger partial charge in [0.2, 0.25) is 0 Å². The highest BCUT2D eigenvalue weighted by atomic mass is 16.2. The molecule has 0 saturated carbocycles. The maximum Gasteiger partial charge on any atom is 0.265 e. The van der Waals surface area contributed by atoms with Crippen molar-refractivity contribution in [2.75, 3.05) is 0 Å². The molecule has 0 unspecified atom stereocenters. The second kappa shape index (κ2) is 7.21. The van der Waals surface area contributed by atoms with Gasteiger partial charge in [-0.3, -0.25) is 15.2 Å². The molecule has 20 heavy (non-hydrogen) atoms. The van der Waals surface area contributed by atoms with Crippen LogP contribution < -0.4 is 10.9 Å². The van der Waals surface area contributed by atoms with Gasteiger partial charge in [0.25, 0.3) is 5.91 Å². The van der Waals surface area contributed by atoms with Gasteiger partial charge in [-0.05, 0) is 36.2 Å². The third-order valence-electron chi connectivity index (χ3n) is 2.91. The minimum Gasteiger partial charge on any atom is -0.287 e. The molecule has 2 rings (SSSR count). The van der Waals surface area contributed by atoms with E-state index in [1.54, 1.807) is 24.5 Å². The molecule has 1 aromatic heterocycles. The van der Waals surface area contributed by atoms with E-state index in [-0.39, 0.29) is 11.9 Å². The molecule has 4 nitrogen and oxygen atoms in total. The van der Waals surface area contributed by atoms with Crippen LogP contribution in [0.2, 0.25) is 0 Å². The van der Waals surface area contributed by atoms with Crippen LogP contribution in [0.1, 0.15) is 28.4 Å². The van der Waals surface area contributed by atoms with Crippen LogP contribution in [0.4, 0.5) is 0 Å². The number of nitrogens with zero attached hydrogens (tertiary/aromatic N) is 1. The van der Waals surface area contributed by atoms with Crippen LogP contribution in [-0.4, -0.2) is 10.9 Å². The third-order valence-corrected chi connectivity index (χ3v) is 2.91. The Morgan fingerprint density at radius 1 is 1.20 bits per heavy atom. The quantitative estimate of drug-likeness (QED) is 0.625. The number of pyridine rings is 1. The van der Waals surface area contributed by atoms with Crippen LogP contribution in [0.3, 0.4) is 0 Å². The zero-order chi connectivity index (χ0) is 14.2. The van der Waals surface area contributed by atoms with E-state index in [0.29, 0.717) is 12.0 Å². The average molecular weight is 267 g/mol. The molecule has 1 aromatic carbocycles. The van der Waals surface area contributed by atoms with Crippen molar-refractivity contribution in [3.05, 3.63) is 78.6 Å². The maximum absolute atomic E-state index is 12.0. The standard InChI is InChI=1S/C16H17N3O/c1-2-6-15(13-9-11-17-12-10-13)18-19-16(20)14-7-4-3-5-8-14/h2-5,7-12,15,18H,1,6H2,(H,19,20)/t15-/m1/s1. The summed E-state index contributed by atoms with van der Waals surface area (Å²) < 4.78 is 0. The van der Waals surface area contributed by atoms with Crippen LogP contribution in [-0.2, 0) is 0 Å². The minimum absolute atomic E-state index is 0.0248. The molecule has 1 amide bonds. The Morgan fingerprint density at radius 3 is 2.55 bits per heavy atom. The summed E-state index contributed by atoms with van der Waals surface area (Å²) in [6.45, 7) is 3.74. The van der Waals surface area contributed by atoms with Crippen molar-refractivity contribution in [2.45, 2.75) is 12.5 Å². The van der Waals surface area contributed by atoms with Gasteiger partial charge in [0, 0.05) is 18.0 Å². The van der Waals surface area contributed by atoms with Crippen LogP contribution >= 0.6 is 0 Å². The van der Waals surface area contributed by atoms with E-state index in [1.807, 2.05) is 36.4 Å². The van der Waals surface area contributed by atoms with Crippen LogP contribution in [0, 0.1) is 0 Å². The summed E-state index contributed by atoms with van der Waals surface area (Å²) in [4.78, 5) is 16.0. The molecule has 1 atom stereocenters. The first kappa shape index (κ1) is 14.0. The first-order valence-electron chi connectivity index (χ1n) is 6.43. The van der Waals surface area contributed by atoms with Crippen molar-refractivity contribution in [1.82, 2.24) is 15.8 Å². The topological polar surface area (TPSA) is 54.0 Å². The second-order valence-electron chi connectivity index (χ2n) is 4.32. The SMILES string of the molecule is C=CC[C@@H](NNC(=O)c1ccccc1)c1ccncc1. The number of hydrogen-bond acceptors (Lipinski definition) is 3. The number of rotatable bonds is 6. The van der Waals surface area contributed by atoms with E-state index >= 15 is 0 Å². The first-order chi connectivity index (χ1) is 9.81. The summed E-state index contributed by atoms with van der Waals surface area (Å²) in [6, 6.07) is 12.9. The van der Waals surface area contributed by atoms with Crippen LogP contribution in [0.15, 0.2) is 67.5 Å². The summed E-state index contributed by atoms with van der Waals surface area (Å²) in [7, 11) is 0. The van der Waals surface area contributed by atoms with Crippen molar-refractivity contribution >= 4 is 5.91 Å². The summed E-state index contributed by atoms with van der Waals surface area (Å²) >= 11 is 0. The van der Waals surface area contributed by atoms with Gasteiger partial charge < -0.3 is 0 Å². The van der Waals surface area contributed by atoms with Gasteiger partial charge in [0.1, 0.15) is 0 Å². The predicted octanol–water partition coefficient (Wildman–Crippen LogP) is 2.63. The summed E-state index contributed by atoms with van der Waals surface area (Å²) in [5.74, 6) is -0.159. The molecule has 0 aliphatic heterocycles. The van der Waals surface area contributed by atoms with Gasteiger partial charge in [0.05, 0.1) is 6.04 Å². The number of benzene rings is 1.